The number of carbonyl (C=O) groups excluding carboxylic acids is 2. The molecule has 2 amide bonds. The third-order valence-corrected chi connectivity index (χ3v) is 5.55. The Morgan fingerprint density at radius 1 is 1.12 bits per heavy atom. The number of nitrogens with zero attached hydrogens (tertiary/aromatic N) is 1. The number of rotatable bonds is 5. The van der Waals surface area contributed by atoms with E-state index in [4.69, 9.17) is 10.5 Å². The standard InChI is InChI=1S/C20H29N3O3/c21-18(16-8-12-26-13-9-16)20(25)23-10-6-17(7-11-23)19(24)22-14-15-4-2-1-3-5-15/h1-5,16-18H,6-14,21H2,(H,22,24). The van der Waals surface area contributed by atoms with Crippen LogP contribution in [0.5, 0.6) is 0 Å². The molecule has 2 aliphatic heterocycles. The molecule has 1 aromatic rings. The van der Waals surface area contributed by atoms with E-state index in [0.717, 1.165) is 18.4 Å². The first kappa shape index (κ1) is 18.9. The average Bonchev–Trinajstić information content (AvgIpc) is 2.72. The third-order valence-electron chi connectivity index (χ3n) is 5.55. The van der Waals surface area contributed by atoms with Gasteiger partial charge in [0.2, 0.25) is 11.8 Å². The maximum Gasteiger partial charge on any atom is 0.239 e. The minimum absolute atomic E-state index is 0.0259. The summed E-state index contributed by atoms with van der Waals surface area (Å²) in [6.45, 7) is 3.15. The molecular formula is C20H29N3O3. The van der Waals surface area contributed by atoms with Gasteiger partial charge in [0.1, 0.15) is 0 Å². The first-order valence-electron chi connectivity index (χ1n) is 9.59. The molecule has 3 rings (SSSR count). The quantitative estimate of drug-likeness (QED) is 0.830. The molecule has 2 saturated heterocycles. The summed E-state index contributed by atoms with van der Waals surface area (Å²) in [5, 5.41) is 3.01. The van der Waals surface area contributed by atoms with Gasteiger partial charge in [0, 0.05) is 38.8 Å². The fourth-order valence-electron chi connectivity index (χ4n) is 3.78. The molecule has 0 aliphatic carbocycles. The van der Waals surface area contributed by atoms with Crippen LogP contribution in [0, 0.1) is 11.8 Å². The van der Waals surface area contributed by atoms with Crippen LogP contribution in [0.3, 0.4) is 0 Å². The highest BCUT2D eigenvalue weighted by Crippen LogP contribution is 2.22. The molecule has 1 aromatic carbocycles. The van der Waals surface area contributed by atoms with Gasteiger partial charge in [0.05, 0.1) is 6.04 Å². The Morgan fingerprint density at radius 2 is 1.77 bits per heavy atom. The SMILES string of the molecule is NC(C(=O)N1CCC(C(=O)NCc2ccccc2)CC1)C1CCOCC1. The van der Waals surface area contributed by atoms with Crippen LogP contribution in [0.4, 0.5) is 0 Å². The molecule has 2 heterocycles. The van der Waals surface area contributed by atoms with E-state index < -0.39 is 6.04 Å². The van der Waals surface area contributed by atoms with Crippen molar-refractivity contribution in [2.45, 2.75) is 38.3 Å². The number of amides is 2. The Hall–Kier alpha value is -1.92. The molecular weight excluding hydrogens is 330 g/mol. The Morgan fingerprint density at radius 3 is 2.42 bits per heavy atom. The zero-order valence-corrected chi connectivity index (χ0v) is 15.2. The molecule has 0 spiro atoms. The predicted octanol–water partition coefficient (Wildman–Crippen LogP) is 1.30. The van der Waals surface area contributed by atoms with Crippen molar-refractivity contribution in [3.05, 3.63) is 35.9 Å². The van der Waals surface area contributed by atoms with Crippen LogP contribution in [-0.2, 0) is 20.9 Å². The Bertz CT molecular complexity index is 594. The fourth-order valence-corrected chi connectivity index (χ4v) is 3.78. The van der Waals surface area contributed by atoms with Crippen molar-refractivity contribution in [2.24, 2.45) is 17.6 Å². The van der Waals surface area contributed by atoms with Gasteiger partial charge in [-0.05, 0) is 37.2 Å². The number of nitrogens with one attached hydrogen (secondary N) is 1. The number of benzene rings is 1. The Kier molecular flexibility index (Phi) is 6.63. The van der Waals surface area contributed by atoms with Crippen LogP contribution in [-0.4, -0.2) is 49.1 Å². The van der Waals surface area contributed by atoms with E-state index in [2.05, 4.69) is 5.32 Å². The van der Waals surface area contributed by atoms with Gasteiger partial charge in [0.15, 0.2) is 0 Å². The van der Waals surface area contributed by atoms with Crippen LogP contribution in [0.1, 0.15) is 31.2 Å². The smallest absolute Gasteiger partial charge is 0.239 e. The van der Waals surface area contributed by atoms with E-state index in [1.165, 1.54) is 0 Å². The second kappa shape index (κ2) is 9.14. The molecule has 142 valence electrons. The van der Waals surface area contributed by atoms with Crippen molar-refractivity contribution in [1.29, 1.82) is 0 Å². The maximum atomic E-state index is 12.6. The predicted molar refractivity (Wildman–Crippen MR) is 99.1 cm³/mol. The monoisotopic (exact) mass is 359 g/mol. The number of ether oxygens (including phenoxy) is 1. The number of likely N-dealkylation sites (tertiary alicyclic amines) is 1. The molecule has 1 unspecified atom stereocenters. The first-order valence-corrected chi connectivity index (χ1v) is 9.59. The van der Waals surface area contributed by atoms with E-state index in [1.807, 2.05) is 35.2 Å². The van der Waals surface area contributed by atoms with Crippen molar-refractivity contribution in [3.8, 4) is 0 Å². The van der Waals surface area contributed by atoms with Gasteiger partial charge in [-0.3, -0.25) is 9.59 Å². The lowest BCUT2D eigenvalue weighted by Crippen LogP contribution is -2.52. The number of nitrogens with two attached hydrogens (primary N) is 1. The maximum absolute atomic E-state index is 12.6. The second-order valence-electron chi connectivity index (χ2n) is 7.28. The Labute approximate surface area is 155 Å². The zero-order valence-electron chi connectivity index (χ0n) is 15.2. The van der Waals surface area contributed by atoms with Gasteiger partial charge in [0.25, 0.3) is 0 Å². The number of hydrogen-bond acceptors (Lipinski definition) is 4. The van der Waals surface area contributed by atoms with Crippen molar-refractivity contribution in [3.63, 3.8) is 0 Å². The van der Waals surface area contributed by atoms with Gasteiger partial charge < -0.3 is 20.7 Å². The van der Waals surface area contributed by atoms with Gasteiger partial charge in [-0.2, -0.15) is 0 Å². The topological polar surface area (TPSA) is 84.7 Å². The van der Waals surface area contributed by atoms with Crippen LogP contribution >= 0.6 is 0 Å². The number of carbonyl (C=O) groups is 2. The van der Waals surface area contributed by atoms with Crippen molar-refractivity contribution in [1.82, 2.24) is 10.2 Å². The summed E-state index contributed by atoms with van der Waals surface area (Å²) in [5.74, 6) is 0.292. The fraction of sp³-hybridized carbons (Fsp3) is 0.600. The molecule has 0 saturated carbocycles. The molecule has 3 N–H and O–H groups in total. The van der Waals surface area contributed by atoms with Crippen LogP contribution in [0.25, 0.3) is 0 Å². The van der Waals surface area contributed by atoms with Gasteiger partial charge >= 0.3 is 0 Å². The molecule has 2 aliphatic rings. The lowest BCUT2D eigenvalue weighted by Gasteiger charge is -2.35. The van der Waals surface area contributed by atoms with Gasteiger partial charge in [-0.1, -0.05) is 30.3 Å². The molecule has 0 bridgehead atoms. The minimum Gasteiger partial charge on any atom is -0.381 e. The Balaban J connectivity index is 1.43. The normalized spacial score (nSPS) is 20.6. The highest BCUT2D eigenvalue weighted by Gasteiger charge is 2.33. The van der Waals surface area contributed by atoms with E-state index in [1.54, 1.807) is 0 Å². The van der Waals surface area contributed by atoms with Crippen LogP contribution < -0.4 is 11.1 Å². The molecule has 2 fully saturated rings. The van der Waals surface area contributed by atoms with Crippen molar-refractivity contribution < 1.29 is 14.3 Å². The molecule has 0 aromatic heterocycles. The van der Waals surface area contributed by atoms with E-state index in [-0.39, 0.29) is 23.7 Å². The van der Waals surface area contributed by atoms with Crippen LogP contribution in [0.2, 0.25) is 0 Å². The van der Waals surface area contributed by atoms with Crippen molar-refractivity contribution in [2.75, 3.05) is 26.3 Å². The third kappa shape index (κ3) is 4.83. The summed E-state index contributed by atoms with van der Waals surface area (Å²) < 4.78 is 5.35. The van der Waals surface area contributed by atoms with Gasteiger partial charge in [-0.25, -0.2) is 0 Å². The largest absolute Gasteiger partial charge is 0.381 e. The summed E-state index contributed by atoms with van der Waals surface area (Å²) in [6, 6.07) is 9.45. The van der Waals surface area contributed by atoms with E-state index in [9.17, 15) is 9.59 Å². The van der Waals surface area contributed by atoms with Crippen LogP contribution in [0.15, 0.2) is 30.3 Å². The molecule has 6 nitrogen and oxygen atoms in total. The molecule has 1 atom stereocenters. The average molecular weight is 359 g/mol. The van der Waals surface area contributed by atoms with E-state index in [0.29, 0.717) is 45.7 Å². The van der Waals surface area contributed by atoms with Crippen molar-refractivity contribution >= 4 is 11.8 Å². The second-order valence-corrected chi connectivity index (χ2v) is 7.28. The summed E-state index contributed by atoms with van der Waals surface area (Å²) in [7, 11) is 0. The minimum atomic E-state index is -0.442. The molecule has 6 heteroatoms. The summed E-state index contributed by atoms with van der Waals surface area (Å²) in [5.41, 5.74) is 7.30. The summed E-state index contributed by atoms with van der Waals surface area (Å²) >= 11 is 0. The van der Waals surface area contributed by atoms with Gasteiger partial charge in [-0.15, -0.1) is 0 Å². The lowest BCUT2D eigenvalue weighted by molar-refractivity contribution is -0.138. The highest BCUT2D eigenvalue weighted by atomic mass is 16.5. The van der Waals surface area contributed by atoms with E-state index >= 15 is 0 Å². The highest BCUT2D eigenvalue weighted by molar-refractivity contribution is 5.83. The number of hydrogen-bond donors (Lipinski definition) is 2. The zero-order chi connectivity index (χ0) is 18.4. The molecule has 0 radical (unpaired) electrons. The first-order chi connectivity index (χ1) is 12.6. The summed E-state index contributed by atoms with van der Waals surface area (Å²) in [6.07, 6.45) is 3.11. The molecule has 26 heavy (non-hydrogen) atoms. The summed E-state index contributed by atoms with van der Waals surface area (Å²) in [4.78, 5) is 26.9. The number of piperidine rings is 1. The lowest BCUT2D eigenvalue weighted by atomic mass is 9.90.